The van der Waals surface area contributed by atoms with E-state index in [4.69, 9.17) is 9.47 Å². The summed E-state index contributed by atoms with van der Waals surface area (Å²) in [4.78, 5) is 22.6. The summed E-state index contributed by atoms with van der Waals surface area (Å²) in [5.74, 6) is 0. The number of ether oxygens (including phenoxy) is 2. The third-order valence-electron chi connectivity index (χ3n) is 2.43. The highest BCUT2D eigenvalue weighted by molar-refractivity contribution is 5.87. The molecule has 0 aliphatic heterocycles. The Labute approximate surface area is 102 Å². The molecule has 1 fully saturated rings. The summed E-state index contributed by atoms with van der Waals surface area (Å²) < 4.78 is 10.1. The van der Waals surface area contributed by atoms with Crippen LogP contribution in [0.3, 0.4) is 0 Å². The quantitative estimate of drug-likeness (QED) is 0.769. The van der Waals surface area contributed by atoms with Gasteiger partial charge in [-0.15, -0.1) is 0 Å². The summed E-state index contributed by atoms with van der Waals surface area (Å²) in [6, 6.07) is 0. The molecule has 98 valence electrons. The lowest BCUT2D eigenvalue weighted by Gasteiger charge is -2.22. The molecule has 0 aromatic heterocycles. The number of hydrogen-bond acceptors (Lipinski definition) is 4. The molecule has 1 aliphatic rings. The highest BCUT2D eigenvalue weighted by Crippen LogP contribution is 2.20. The van der Waals surface area contributed by atoms with Gasteiger partial charge in [0.15, 0.2) is 0 Å². The molecule has 1 rings (SSSR count). The molecule has 0 atom stereocenters. The lowest BCUT2D eigenvalue weighted by molar-refractivity contribution is 0.0436. The van der Waals surface area contributed by atoms with E-state index >= 15 is 0 Å². The molecule has 2 amide bonds. The van der Waals surface area contributed by atoms with Crippen molar-refractivity contribution < 1.29 is 19.1 Å². The molecule has 5 heteroatoms. The smallest absolute Gasteiger partial charge is 0.417 e. The van der Waals surface area contributed by atoms with Gasteiger partial charge in [-0.3, -0.25) is 0 Å². The lowest BCUT2D eigenvalue weighted by Crippen LogP contribution is -2.38. The standard InChI is InChI=1S/C12H21NO4/c1-12(2,3)17-11(15)13-10(14)16-9-7-5-4-6-8-9/h9H,4-8H2,1-3H3,(H,13,14,15). The topological polar surface area (TPSA) is 64.6 Å². The minimum atomic E-state index is -0.765. The number of imide groups is 1. The Morgan fingerprint density at radius 3 is 2.18 bits per heavy atom. The monoisotopic (exact) mass is 243 g/mol. The number of carbonyl (C=O) groups is 2. The maximum atomic E-state index is 11.4. The number of amides is 2. The number of hydrogen-bond donors (Lipinski definition) is 1. The van der Waals surface area contributed by atoms with Crippen molar-refractivity contribution in [2.24, 2.45) is 0 Å². The normalized spacial score (nSPS) is 17.4. The molecule has 1 saturated carbocycles. The Kier molecular flexibility index (Phi) is 4.78. The number of rotatable bonds is 1. The Balaban J connectivity index is 2.26. The zero-order chi connectivity index (χ0) is 12.9. The van der Waals surface area contributed by atoms with Gasteiger partial charge in [0.25, 0.3) is 0 Å². The molecule has 5 nitrogen and oxygen atoms in total. The second-order valence-corrected chi connectivity index (χ2v) is 5.29. The van der Waals surface area contributed by atoms with Gasteiger partial charge in [-0.25, -0.2) is 14.9 Å². The number of alkyl carbamates (subject to hydrolysis) is 2. The van der Waals surface area contributed by atoms with Crippen molar-refractivity contribution >= 4 is 12.2 Å². The van der Waals surface area contributed by atoms with Crippen molar-refractivity contribution in [3.05, 3.63) is 0 Å². The van der Waals surface area contributed by atoms with Crippen LogP contribution in [0.25, 0.3) is 0 Å². The van der Waals surface area contributed by atoms with Gasteiger partial charge >= 0.3 is 12.2 Å². The van der Waals surface area contributed by atoms with Crippen molar-refractivity contribution in [2.45, 2.75) is 64.6 Å². The molecule has 0 spiro atoms. The highest BCUT2D eigenvalue weighted by atomic mass is 16.6. The first-order valence-electron chi connectivity index (χ1n) is 6.07. The van der Waals surface area contributed by atoms with E-state index in [1.807, 2.05) is 0 Å². The maximum Gasteiger partial charge on any atom is 0.417 e. The van der Waals surface area contributed by atoms with Crippen LogP contribution < -0.4 is 5.32 Å². The third kappa shape index (κ3) is 6.14. The van der Waals surface area contributed by atoms with Crippen molar-refractivity contribution in [2.75, 3.05) is 0 Å². The molecule has 0 unspecified atom stereocenters. The molecule has 0 saturated heterocycles. The summed E-state index contributed by atoms with van der Waals surface area (Å²) in [5.41, 5.74) is -0.616. The molecule has 17 heavy (non-hydrogen) atoms. The molecular formula is C12H21NO4. The summed E-state index contributed by atoms with van der Waals surface area (Å²) in [6.45, 7) is 5.21. The van der Waals surface area contributed by atoms with Crippen molar-refractivity contribution in [1.29, 1.82) is 0 Å². The fraction of sp³-hybridized carbons (Fsp3) is 0.833. The van der Waals surface area contributed by atoms with Crippen LogP contribution in [0.4, 0.5) is 9.59 Å². The fourth-order valence-electron chi connectivity index (χ4n) is 1.75. The van der Waals surface area contributed by atoms with E-state index in [2.05, 4.69) is 5.32 Å². The summed E-state index contributed by atoms with van der Waals surface area (Å²) in [5, 5.41) is 2.06. The van der Waals surface area contributed by atoms with Crippen molar-refractivity contribution in [1.82, 2.24) is 5.32 Å². The Morgan fingerprint density at radius 1 is 1.06 bits per heavy atom. The van der Waals surface area contributed by atoms with E-state index in [1.165, 1.54) is 6.42 Å². The van der Waals surface area contributed by atoms with Crippen LogP contribution in [0.2, 0.25) is 0 Å². The summed E-state index contributed by atoms with van der Waals surface area (Å²) >= 11 is 0. The Hall–Kier alpha value is -1.26. The van der Waals surface area contributed by atoms with Crippen LogP contribution in [0.1, 0.15) is 52.9 Å². The van der Waals surface area contributed by atoms with Crippen LogP contribution in [-0.4, -0.2) is 23.9 Å². The van der Waals surface area contributed by atoms with Gasteiger partial charge in [-0.1, -0.05) is 6.42 Å². The van der Waals surface area contributed by atoms with Crippen LogP contribution in [-0.2, 0) is 9.47 Å². The van der Waals surface area contributed by atoms with Crippen molar-refractivity contribution in [3.8, 4) is 0 Å². The average Bonchev–Trinajstić information content (AvgIpc) is 2.15. The second kappa shape index (κ2) is 5.89. The molecule has 0 heterocycles. The van der Waals surface area contributed by atoms with Gasteiger partial charge in [-0.2, -0.15) is 0 Å². The first-order valence-corrected chi connectivity index (χ1v) is 6.07. The zero-order valence-electron chi connectivity index (χ0n) is 10.7. The highest BCUT2D eigenvalue weighted by Gasteiger charge is 2.22. The van der Waals surface area contributed by atoms with E-state index in [1.54, 1.807) is 20.8 Å². The summed E-state index contributed by atoms with van der Waals surface area (Å²) in [6.07, 6.45) is 3.54. The summed E-state index contributed by atoms with van der Waals surface area (Å²) in [7, 11) is 0. The van der Waals surface area contributed by atoms with E-state index in [9.17, 15) is 9.59 Å². The van der Waals surface area contributed by atoms with E-state index in [0.717, 1.165) is 25.7 Å². The molecular weight excluding hydrogens is 222 g/mol. The SMILES string of the molecule is CC(C)(C)OC(=O)NC(=O)OC1CCCCC1. The van der Waals surface area contributed by atoms with Gasteiger partial charge < -0.3 is 9.47 Å². The van der Waals surface area contributed by atoms with E-state index in [-0.39, 0.29) is 6.10 Å². The van der Waals surface area contributed by atoms with Gasteiger partial charge in [0.05, 0.1) is 0 Å². The molecule has 1 aliphatic carbocycles. The molecule has 0 radical (unpaired) electrons. The number of nitrogens with one attached hydrogen (secondary N) is 1. The molecule has 0 bridgehead atoms. The third-order valence-corrected chi connectivity index (χ3v) is 2.43. The van der Waals surface area contributed by atoms with Crippen LogP contribution in [0.15, 0.2) is 0 Å². The van der Waals surface area contributed by atoms with Crippen molar-refractivity contribution in [3.63, 3.8) is 0 Å². The number of carbonyl (C=O) groups excluding carboxylic acids is 2. The van der Waals surface area contributed by atoms with E-state index < -0.39 is 17.8 Å². The minimum absolute atomic E-state index is 0.0637. The minimum Gasteiger partial charge on any atom is -0.446 e. The Bertz CT molecular complexity index is 277. The maximum absolute atomic E-state index is 11.4. The predicted molar refractivity (Wildman–Crippen MR) is 62.7 cm³/mol. The van der Waals surface area contributed by atoms with Gasteiger partial charge in [0, 0.05) is 0 Å². The Morgan fingerprint density at radius 2 is 1.65 bits per heavy atom. The largest absolute Gasteiger partial charge is 0.446 e. The van der Waals surface area contributed by atoms with E-state index in [0.29, 0.717) is 0 Å². The fourth-order valence-corrected chi connectivity index (χ4v) is 1.75. The molecule has 0 aromatic carbocycles. The lowest BCUT2D eigenvalue weighted by atomic mass is 9.98. The van der Waals surface area contributed by atoms with Gasteiger partial charge in [-0.05, 0) is 46.5 Å². The van der Waals surface area contributed by atoms with Crippen LogP contribution in [0.5, 0.6) is 0 Å². The molecule has 0 aromatic rings. The predicted octanol–water partition coefficient (Wildman–Crippen LogP) is 2.98. The van der Waals surface area contributed by atoms with Crippen LogP contribution >= 0.6 is 0 Å². The first kappa shape index (κ1) is 13.8. The second-order valence-electron chi connectivity index (χ2n) is 5.29. The average molecular weight is 243 g/mol. The van der Waals surface area contributed by atoms with Crippen LogP contribution in [0, 0.1) is 0 Å². The van der Waals surface area contributed by atoms with Gasteiger partial charge in [0.2, 0.25) is 0 Å². The van der Waals surface area contributed by atoms with Gasteiger partial charge in [0.1, 0.15) is 11.7 Å². The zero-order valence-corrected chi connectivity index (χ0v) is 10.7. The first-order chi connectivity index (χ1) is 7.87. The molecule has 1 N–H and O–H groups in total.